The van der Waals surface area contributed by atoms with Crippen molar-refractivity contribution in [2.24, 2.45) is 0 Å². The van der Waals surface area contributed by atoms with Gasteiger partial charge in [-0.3, -0.25) is 14.2 Å². The molecule has 0 aromatic carbocycles. The van der Waals surface area contributed by atoms with Crippen LogP contribution in [0.1, 0.15) is 46.0 Å². The van der Waals surface area contributed by atoms with Crippen LogP contribution in [0.3, 0.4) is 0 Å². The Hall–Kier alpha value is -1.04. The van der Waals surface area contributed by atoms with Crippen LogP contribution in [0.25, 0.3) is 0 Å². The average molecular weight is 347 g/mol. The van der Waals surface area contributed by atoms with Crippen molar-refractivity contribution in [3.63, 3.8) is 0 Å². The van der Waals surface area contributed by atoms with Crippen LogP contribution >= 0.6 is 8.46 Å². The molecule has 7 nitrogen and oxygen atoms in total. The molecular weight excluding hydrogens is 321 g/mol. The van der Waals surface area contributed by atoms with Crippen molar-refractivity contribution in [2.45, 2.75) is 57.8 Å². The summed E-state index contributed by atoms with van der Waals surface area (Å²) in [6.07, 6.45) is 2.29. The van der Waals surface area contributed by atoms with Gasteiger partial charge in [0.25, 0.3) is 0 Å². The van der Waals surface area contributed by atoms with Gasteiger partial charge in [-0.05, 0) is 20.3 Å². The summed E-state index contributed by atoms with van der Waals surface area (Å²) < 4.78 is 26.7. The number of carbonyl (C=O) groups excluding carboxylic acids is 2. The number of rotatable bonds is 11. The van der Waals surface area contributed by atoms with Gasteiger partial charge in [0.15, 0.2) is 14.2 Å². The lowest BCUT2D eigenvalue weighted by atomic mass is 10.0. The Morgan fingerprint density at radius 1 is 1.22 bits per heavy atom. The van der Waals surface area contributed by atoms with E-state index in [-0.39, 0.29) is 39.3 Å². The maximum atomic E-state index is 11.8. The van der Waals surface area contributed by atoms with E-state index in [9.17, 15) is 14.2 Å². The largest absolute Gasteiger partial charge is 0.463 e. The van der Waals surface area contributed by atoms with Gasteiger partial charge in [-0.1, -0.05) is 0 Å². The number of amides is 1. The Balaban J connectivity index is 2.34. The summed E-state index contributed by atoms with van der Waals surface area (Å²) in [6.45, 7) is 5.02. The summed E-state index contributed by atoms with van der Waals surface area (Å²) in [7, 11) is 0.0929. The third kappa shape index (κ3) is 8.39. The Labute approximate surface area is 138 Å². The fourth-order valence-corrected chi connectivity index (χ4v) is 2.58. The molecule has 0 bridgehead atoms. The number of nitrogens with one attached hydrogen (secondary N) is 1. The molecule has 0 spiro atoms. The van der Waals surface area contributed by atoms with Gasteiger partial charge < -0.3 is 19.5 Å². The van der Waals surface area contributed by atoms with Gasteiger partial charge in [0.1, 0.15) is 0 Å². The highest BCUT2D eigenvalue weighted by Crippen LogP contribution is 2.30. The lowest BCUT2D eigenvalue weighted by Crippen LogP contribution is -2.34. The van der Waals surface area contributed by atoms with Crippen LogP contribution in [-0.2, 0) is 28.4 Å². The van der Waals surface area contributed by atoms with Crippen LogP contribution in [0, 0.1) is 0 Å². The molecule has 0 aromatic heterocycles. The molecule has 0 unspecified atom stereocenters. The van der Waals surface area contributed by atoms with E-state index in [1.165, 1.54) is 0 Å². The standard InChI is InChI=1S/C15H26NO6P/c1-12(2)22-14(18)5-7-15(20-9-10-21-15)6-4-13(17)16-8-3-11-23-19/h12H,3-11H2,1-2H3,(H,16,17). The normalized spacial score (nSPS) is 16.7. The first-order valence-electron chi connectivity index (χ1n) is 8.00. The molecule has 1 rings (SSSR count). The Morgan fingerprint density at radius 2 is 1.87 bits per heavy atom. The second kappa shape index (κ2) is 10.7. The van der Waals surface area contributed by atoms with Crippen LogP contribution < -0.4 is 5.32 Å². The smallest absolute Gasteiger partial charge is 0.306 e. The molecule has 1 heterocycles. The summed E-state index contributed by atoms with van der Waals surface area (Å²) in [4.78, 5) is 23.4. The first-order valence-corrected chi connectivity index (χ1v) is 9.00. The predicted octanol–water partition coefficient (Wildman–Crippen LogP) is 2.04. The van der Waals surface area contributed by atoms with Crippen LogP contribution in [0.2, 0.25) is 0 Å². The lowest BCUT2D eigenvalue weighted by molar-refractivity contribution is -0.177. The first-order chi connectivity index (χ1) is 11.0. The van der Waals surface area contributed by atoms with Gasteiger partial charge >= 0.3 is 5.97 Å². The third-order valence-electron chi connectivity index (χ3n) is 3.37. The summed E-state index contributed by atoms with van der Waals surface area (Å²) in [5.74, 6) is -1.27. The Morgan fingerprint density at radius 3 is 2.48 bits per heavy atom. The summed E-state index contributed by atoms with van der Waals surface area (Å²) >= 11 is 0. The first kappa shape index (κ1) is 20.0. The van der Waals surface area contributed by atoms with Crippen LogP contribution in [0.4, 0.5) is 0 Å². The predicted molar refractivity (Wildman–Crippen MR) is 84.4 cm³/mol. The third-order valence-corrected chi connectivity index (χ3v) is 3.87. The second-order valence-corrected chi connectivity index (χ2v) is 6.41. The molecule has 0 aliphatic carbocycles. The zero-order valence-electron chi connectivity index (χ0n) is 13.8. The minimum atomic E-state index is -0.874. The minimum Gasteiger partial charge on any atom is -0.463 e. The molecule has 0 atom stereocenters. The summed E-state index contributed by atoms with van der Waals surface area (Å²) in [5, 5.41) is 2.76. The number of hydrogen-bond donors (Lipinski definition) is 1. The monoisotopic (exact) mass is 347 g/mol. The van der Waals surface area contributed by atoms with Gasteiger partial charge in [0.2, 0.25) is 5.91 Å². The van der Waals surface area contributed by atoms with E-state index in [1.54, 1.807) is 13.8 Å². The van der Waals surface area contributed by atoms with E-state index in [0.717, 1.165) is 0 Å². The molecule has 1 saturated heterocycles. The molecule has 0 aromatic rings. The van der Waals surface area contributed by atoms with Crippen molar-refractivity contribution >= 4 is 20.3 Å². The van der Waals surface area contributed by atoms with Gasteiger partial charge in [-0.15, -0.1) is 0 Å². The molecule has 0 radical (unpaired) electrons. The highest BCUT2D eigenvalue weighted by molar-refractivity contribution is 7.23. The van der Waals surface area contributed by atoms with E-state index < -0.39 is 5.79 Å². The zero-order chi connectivity index (χ0) is 17.1. The Kier molecular flexibility index (Phi) is 9.29. The van der Waals surface area contributed by atoms with Crippen molar-refractivity contribution in [3.8, 4) is 0 Å². The zero-order valence-corrected chi connectivity index (χ0v) is 14.7. The summed E-state index contributed by atoms with van der Waals surface area (Å²) in [6, 6.07) is 0. The molecule has 1 amide bonds. The highest BCUT2D eigenvalue weighted by atomic mass is 31.1. The molecule has 0 saturated carbocycles. The molecule has 1 aliphatic rings. The van der Waals surface area contributed by atoms with Crippen molar-refractivity contribution in [1.82, 2.24) is 5.32 Å². The van der Waals surface area contributed by atoms with Gasteiger partial charge in [-0.2, -0.15) is 0 Å². The van der Waals surface area contributed by atoms with Crippen LogP contribution in [0.5, 0.6) is 0 Å². The molecular formula is C15H26NO6P. The minimum absolute atomic E-state index is 0.0929. The van der Waals surface area contributed by atoms with E-state index in [0.29, 0.717) is 45.2 Å². The molecule has 8 heteroatoms. The fourth-order valence-electron chi connectivity index (χ4n) is 2.29. The van der Waals surface area contributed by atoms with Crippen molar-refractivity contribution < 1.29 is 28.4 Å². The lowest BCUT2D eigenvalue weighted by Gasteiger charge is -2.27. The number of hydrogen-bond acceptors (Lipinski definition) is 6. The van der Waals surface area contributed by atoms with E-state index in [1.807, 2.05) is 0 Å². The van der Waals surface area contributed by atoms with Gasteiger partial charge in [0.05, 0.1) is 25.7 Å². The van der Waals surface area contributed by atoms with E-state index in [4.69, 9.17) is 14.2 Å². The topological polar surface area (TPSA) is 90.9 Å². The molecule has 1 N–H and O–H groups in total. The fraction of sp³-hybridized carbons (Fsp3) is 0.867. The van der Waals surface area contributed by atoms with Gasteiger partial charge in [-0.25, -0.2) is 0 Å². The quantitative estimate of drug-likeness (QED) is 0.349. The number of carbonyl (C=O) groups is 2. The van der Waals surface area contributed by atoms with Crippen LogP contribution in [0.15, 0.2) is 0 Å². The second-order valence-electron chi connectivity index (χ2n) is 5.70. The van der Waals surface area contributed by atoms with E-state index in [2.05, 4.69) is 5.32 Å². The van der Waals surface area contributed by atoms with E-state index >= 15 is 0 Å². The van der Waals surface area contributed by atoms with Crippen molar-refractivity contribution in [2.75, 3.05) is 25.9 Å². The maximum absolute atomic E-state index is 11.8. The molecule has 23 heavy (non-hydrogen) atoms. The van der Waals surface area contributed by atoms with Crippen molar-refractivity contribution in [1.29, 1.82) is 0 Å². The van der Waals surface area contributed by atoms with Crippen molar-refractivity contribution in [3.05, 3.63) is 0 Å². The van der Waals surface area contributed by atoms with Gasteiger partial charge in [0, 0.05) is 32.0 Å². The molecule has 1 aliphatic heterocycles. The molecule has 132 valence electrons. The average Bonchev–Trinajstić information content (AvgIpc) is 2.96. The highest BCUT2D eigenvalue weighted by Gasteiger charge is 2.37. The summed E-state index contributed by atoms with van der Waals surface area (Å²) in [5.41, 5.74) is 0. The SMILES string of the molecule is CC(C)OC(=O)CCC1(CCC(=O)NCCCP=O)OCCO1. The number of esters is 1. The Bertz CT molecular complexity index is 395. The molecule has 1 fully saturated rings. The maximum Gasteiger partial charge on any atom is 0.306 e. The number of ether oxygens (including phenoxy) is 3. The van der Waals surface area contributed by atoms with Crippen LogP contribution in [-0.4, -0.2) is 49.7 Å².